The Morgan fingerprint density at radius 1 is 0.909 bits per heavy atom. The van der Waals surface area contributed by atoms with Gasteiger partial charge in [-0.05, 0) is 54.4 Å². The van der Waals surface area contributed by atoms with Crippen molar-refractivity contribution in [3.8, 4) is 0 Å². The van der Waals surface area contributed by atoms with Crippen LogP contribution in [0.2, 0.25) is 0 Å². The van der Waals surface area contributed by atoms with Crippen LogP contribution in [-0.4, -0.2) is 28.8 Å². The molecule has 1 aliphatic rings. The molecule has 1 aliphatic heterocycles. The van der Waals surface area contributed by atoms with Crippen LogP contribution < -0.4 is 14.9 Å². The van der Waals surface area contributed by atoms with Crippen molar-refractivity contribution in [2.24, 2.45) is 10.2 Å². The number of hydrazone groups is 1. The van der Waals surface area contributed by atoms with Crippen LogP contribution >= 0.6 is 0 Å². The Balaban J connectivity index is 1.69. The zero-order valence-corrected chi connectivity index (χ0v) is 19.8. The highest BCUT2D eigenvalue weighted by atomic mass is 32.2. The largest absolute Gasteiger partial charge is 0.284 e. The Bertz CT molecular complexity index is 1400. The second-order valence-corrected chi connectivity index (χ2v) is 11.3. The molecule has 0 saturated carbocycles. The number of sulfonamides is 2. The molecule has 0 aromatic heterocycles. The van der Waals surface area contributed by atoms with Gasteiger partial charge in [-0.2, -0.15) is 5.10 Å². The summed E-state index contributed by atoms with van der Waals surface area (Å²) in [5, 5.41) is 11.9. The van der Waals surface area contributed by atoms with Gasteiger partial charge in [0.2, 0.25) is 20.0 Å². The maximum Gasteiger partial charge on any atom is 0.238 e. The molecule has 1 atom stereocenters. The van der Waals surface area contributed by atoms with Gasteiger partial charge in [0, 0.05) is 12.1 Å². The summed E-state index contributed by atoms with van der Waals surface area (Å²) in [5.41, 5.74) is 5.14. The number of nitrogens with one attached hydrogen (secondary N) is 1. The Morgan fingerprint density at radius 3 is 2.06 bits per heavy atom. The highest BCUT2D eigenvalue weighted by Crippen LogP contribution is 2.37. The molecule has 3 aromatic rings. The second kappa shape index (κ2) is 8.62. The van der Waals surface area contributed by atoms with Gasteiger partial charge < -0.3 is 0 Å². The quantitative estimate of drug-likeness (QED) is 0.555. The third-order valence-electron chi connectivity index (χ3n) is 5.32. The molecule has 3 aromatic carbocycles. The number of benzene rings is 3. The maximum absolute atomic E-state index is 11.6. The van der Waals surface area contributed by atoms with E-state index in [4.69, 9.17) is 10.2 Å². The summed E-state index contributed by atoms with van der Waals surface area (Å²) in [6.07, 6.45) is 1.73. The van der Waals surface area contributed by atoms with E-state index in [2.05, 4.69) is 16.9 Å². The van der Waals surface area contributed by atoms with E-state index < -0.39 is 20.0 Å². The molecule has 10 heteroatoms. The molecule has 3 N–H and O–H groups in total. The fourth-order valence-electron chi connectivity index (χ4n) is 3.70. The minimum Gasteiger partial charge on any atom is -0.284 e. The average molecular weight is 485 g/mol. The van der Waals surface area contributed by atoms with E-state index in [9.17, 15) is 16.8 Å². The molecule has 0 aliphatic carbocycles. The van der Waals surface area contributed by atoms with E-state index in [0.717, 1.165) is 34.3 Å². The first-order valence-electron chi connectivity index (χ1n) is 10.1. The van der Waals surface area contributed by atoms with Crippen molar-refractivity contribution in [2.45, 2.75) is 24.3 Å². The van der Waals surface area contributed by atoms with Gasteiger partial charge in [-0.15, -0.1) is 0 Å². The minimum absolute atomic E-state index is 0.0375. The van der Waals surface area contributed by atoms with Gasteiger partial charge in [0.25, 0.3) is 0 Å². The Morgan fingerprint density at radius 2 is 1.52 bits per heavy atom. The predicted molar refractivity (Wildman–Crippen MR) is 130 cm³/mol. The zero-order chi connectivity index (χ0) is 23.8. The van der Waals surface area contributed by atoms with Crippen LogP contribution in [-0.2, 0) is 20.0 Å². The molecule has 8 nitrogen and oxygen atoms in total. The smallest absolute Gasteiger partial charge is 0.238 e. The van der Waals surface area contributed by atoms with Crippen LogP contribution in [0.1, 0.15) is 29.2 Å². The fraction of sp³-hybridized carbons (Fsp3) is 0.174. The number of nitrogens with two attached hydrogens (primary N) is 1. The summed E-state index contributed by atoms with van der Waals surface area (Å²) in [7, 11) is -7.14. The van der Waals surface area contributed by atoms with Crippen molar-refractivity contribution in [3.05, 3.63) is 89.5 Å². The van der Waals surface area contributed by atoms with Gasteiger partial charge in [-0.25, -0.2) is 22.0 Å². The molecule has 1 heterocycles. The van der Waals surface area contributed by atoms with E-state index in [1.54, 1.807) is 24.3 Å². The van der Waals surface area contributed by atoms with Gasteiger partial charge in [0.15, 0.2) is 0 Å². The van der Waals surface area contributed by atoms with E-state index in [1.165, 1.54) is 12.1 Å². The van der Waals surface area contributed by atoms with Gasteiger partial charge in [-0.3, -0.25) is 9.73 Å². The van der Waals surface area contributed by atoms with Crippen molar-refractivity contribution >= 4 is 37.1 Å². The van der Waals surface area contributed by atoms with Crippen molar-refractivity contribution in [3.63, 3.8) is 0 Å². The first-order valence-corrected chi connectivity index (χ1v) is 13.6. The van der Waals surface area contributed by atoms with Crippen LogP contribution in [0.4, 0.5) is 11.4 Å². The summed E-state index contributed by atoms with van der Waals surface area (Å²) in [6, 6.07) is 21.5. The molecule has 0 spiro atoms. The number of nitrogens with zero attached hydrogens (tertiary/aromatic N) is 2. The van der Waals surface area contributed by atoms with Gasteiger partial charge in [0.05, 0.1) is 28.6 Å². The first-order chi connectivity index (χ1) is 15.5. The molecular formula is C23H24N4O4S2. The Hall–Kier alpha value is -3.21. The lowest BCUT2D eigenvalue weighted by molar-refractivity contribution is 0.597. The van der Waals surface area contributed by atoms with Crippen LogP contribution in [0.5, 0.6) is 0 Å². The zero-order valence-electron chi connectivity index (χ0n) is 18.1. The number of rotatable bonds is 6. The number of primary sulfonamides is 1. The predicted octanol–water partition coefficient (Wildman–Crippen LogP) is 3.37. The monoisotopic (exact) mass is 484 g/mol. The van der Waals surface area contributed by atoms with Crippen LogP contribution in [0, 0.1) is 6.92 Å². The van der Waals surface area contributed by atoms with E-state index >= 15 is 0 Å². The second-order valence-electron chi connectivity index (χ2n) is 8.01. The molecule has 0 bridgehead atoms. The van der Waals surface area contributed by atoms with Crippen molar-refractivity contribution in [1.82, 2.24) is 0 Å². The minimum atomic E-state index is -3.79. The van der Waals surface area contributed by atoms with E-state index in [1.807, 2.05) is 36.2 Å². The van der Waals surface area contributed by atoms with Crippen LogP contribution in [0.25, 0.3) is 0 Å². The summed E-state index contributed by atoms with van der Waals surface area (Å²) < 4.78 is 48.6. The highest BCUT2D eigenvalue weighted by molar-refractivity contribution is 7.92. The van der Waals surface area contributed by atoms with Gasteiger partial charge in [-0.1, -0.05) is 42.0 Å². The summed E-state index contributed by atoms with van der Waals surface area (Å²) in [6.45, 7) is 2.02. The highest BCUT2D eigenvalue weighted by Gasteiger charge is 2.30. The number of hydrogen-bond acceptors (Lipinski definition) is 6. The van der Waals surface area contributed by atoms with Crippen LogP contribution in [0.3, 0.4) is 0 Å². The standard InChI is InChI=1S/C23H24N4O4S2/c1-16-3-5-18(6-4-16)23-15-22(17-7-9-19(10-8-17)26-32(2,28)29)25-27(23)20-11-13-21(14-12-20)33(24,30)31/h3-14,23,26H,15H2,1-2H3,(H2,24,30,31). The molecule has 0 fully saturated rings. The number of anilines is 2. The molecule has 0 radical (unpaired) electrons. The topological polar surface area (TPSA) is 122 Å². The summed E-state index contributed by atoms with van der Waals surface area (Å²) in [4.78, 5) is 0.0375. The maximum atomic E-state index is 11.6. The lowest BCUT2D eigenvalue weighted by atomic mass is 9.97. The van der Waals surface area contributed by atoms with E-state index in [0.29, 0.717) is 12.1 Å². The Kier molecular flexibility index (Phi) is 6.00. The molecular weight excluding hydrogens is 460 g/mol. The molecule has 1 unspecified atom stereocenters. The fourth-order valence-corrected chi connectivity index (χ4v) is 4.78. The number of hydrogen-bond donors (Lipinski definition) is 2. The van der Waals surface area contributed by atoms with Crippen LogP contribution in [0.15, 0.2) is 82.8 Å². The molecule has 172 valence electrons. The average Bonchev–Trinajstić information content (AvgIpc) is 3.18. The van der Waals surface area contributed by atoms with E-state index in [-0.39, 0.29) is 10.9 Å². The summed E-state index contributed by atoms with van der Waals surface area (Å²) >= 11 is 0. The molecule has 0 amide bonds. The first kappa shape index (κ1) is 23.0. The van der Waals surface area contributed by atoms with Crippen molar-refractivity contribution in [2.75, 3.05) is 16.0 Å². The lowest BCUT2D eigenvalue weighted by Gasteiger charge is -2.24. The van der Waals surface area contributed by atoms with Crippen molar-refractivity contribution in [1.29, 1.82) is 0 Å². The van der Waals surface area contributed by atoms with Crippen molar-refractivity contribution < 1.29 is 16.8 Å². The Labute approximate surface area is 193 Å². The molecule has 0 saturated heterocycles. The third-order valence-corrected chi connectivity index (χ3v) is 6.86. The molecule has 4 rings (SSSR count). The normalized spacial score (nSPS) is 16.5. The third kappa shape index (κ3) is 5.41. The lowest BCUT2D eigenvalue weighted by Crippen LogP contribution is -2.19. The van der Waals surface area contributed by atoms with Gasteiger partial charge in [0.1, 0.15) is 0 Å². The van der Waals surface area contributed by atoms with Gasteiger partial charge >= 0.3 is 0 Å². The molecule has 33 heavy (non-hydrogen) atoms. The summed E-state index contributed by atoms with van der Waals surface area (Å²) in [5.74, 6) is 0. The number of aryl methyl sites for hydroxylation is 1. The SMILES string of the molecule is Cc1ccc(C2CC(c3ccc(NS(C)(=O)=O)cc3)=NN2c2ccc(S(N)(=O)=O)cc2)cc1.